The van der Waals surface area contributed by atoms with E-state index in [1.165, 1.54) is 0 Å². The molecule has 2 N–H and O–H groups in total. The number of aliphatic hydroxyl groups is 1. The highest BCUT2D eigenvalue weighted by molar-refractivity contribution is 5.30. The molecule has 0 bridgehead atoms. The molecule has 0 radical (unpaired) electrons. The third kappa shape index (κ3) is 2.00. The van der Waals surface area contributed by atoms with Crippen molar-refractivity contribution in [1.29, 1.82) is 0 Å². The Morgan fingerprint density at radius 1 is 1.29 bits per heavy atom. The van der Waals surface area contributed by atoms with Crippen LogP contribution in [0.5, 0.6) is 0 Å². The third-order valence-electron chi connectivity index (χ3n) is 2.27. The fourth-order valence-electron chi connectivity index (χ4n) is 1.46. The van der Waals surface area contributed by atoms with Gasteiger partial charge in [0, 0.05) is 44.1 Å². The summed E-state index contributed by atoms with van der Waals surface area (Å²) in [4.78, 5) is 10.5. The van der Waals surface area contributed by atoms with E-state index in [2.05, 4.69) is 20.2 Å². The Morgan fingerprint density at radius 3 is 2.50 bits per heavy atom. The van der Waals surface area contributed by atoms with Crippen LogP contribution in [0.4, 0.5) is 5.95 Å². The van der Waals surface area contributed by atoms with Gasteiger partial charge in [0.05, 0.1) is 6.61 Å². The second kappa shape index (κ2) is 4.34. The van der Waals surface area contributed by atoms with Crippen LogP contribution in [0.15, 0.2) is 12.4 Å². The molecule has 0 unspecified atom stereocenters. The summed E-state index contributed by atoms with van der Waals surface area (Å²) in [5.74, 6) is 0.753. The summed E-state index contributed by atoms with van der Waals surface area (Å²) in [6.07, 6.45) is 3.34. The molecule has 1 saturated heterocycles. The number of hydrogen-bond acceptors (Lipinski definition) is 5. The van der Waals surface area contributed by atoms with Crippen LogP contribution in [0.3, 0.4) is 0 Å². The molecule has 5 heteroatoms. The van der Waals surface area contributed by atoms with E-state index in [4.69, 9.17) is 5.11 Å². The van der Waals surface area contributed by atoms with Crippen molar-refractivity contribution < 1.29 is 5.11 Å². The molecule has 0 amide bonds. The highest BCUT2D eigenvalue weighted by Crippen LogP contribution is 2.07. The van der Waals surface area contributed by atoms with Gasteiger partial charge in [0.2, 0.25) is 5.95 Å². The van der Waals surface area contributed by atoms with Crippen molar-refractivity contribution in [2.45, 2.75) is 6.61 Å². The maximum Gasteiger partial charge on any atom is 0.225 e. The first-order valence-corrected chi connectivity index (χ1v) is 4.77. The number of piperazine rings is 1. The highest BCUT2D eigenvalue weighted by Gasteiger charge is 2.12. The van der Waals surface area contributed by atoms with E-state index < -0.39 is 0 Å². The molecule has 0 aliphatic carbocycles. The van der Waals surface area contributed by atoms with Gasteiger partial charge < -0.3 is 15.3 Å². The Hall–Kier alpha value is -1.20. The Bertz CT molecular complexity index is 281. The van der Waals surface area contributed by atoms with Crippen LogP contribution in [0.25, 0.3) is 0 Å². The highest BCUT2D eigenvalue weighted by atomic mass is 16.3. The maximum atomic E-state index is 8.84. The van der Waals surface area contributed by atoms with Crippen molar-refractivity contribution >= 4 is 5.95 Å². The molecule has 5 nitrogen and oxygen atoms in total. The van der Waals surface area contributed by atoms with Crippen LogP contribution in [0.1, 0.15) is 5.56 Å². The average Bonchev–Trinajstić information content (AvgIpc) is 2.30. The van der Waals surface area contributed by atoms with E-state index in [1.807, 2.05) is 0 Å². The molecule has 0 saturated carbocycles. The van der Waals surface area contributed by atoms with E-state index in [9.17, 15) is 0 Å². The fraction of sp³-hybridized carbons (Fsp3) is 0.556. The van der Waals surface area contributed by atoms with Crippen LogP contribution in [0, 0.1) is 0 Å². The number of hydrogen-bond donors (Lipinski definition) is 2. The van der Waals surface area contributed by atoms with Crippen LogP contribution >= 0.6 is 0 Å². The van der Waals surface area contributed by atoms with Crippen LogP contribution in [0.2, 0.25) is 0 Å². The quantitative estimate of drug-likeness (QED) is 0.657. The van der Waals surface area contributed by atoms with Gasteiger partial charge in [-0.25, -0.2) is 9.97 Å². The number of rotatable bonds is 2. The topological polar surface area (TPSA) is 61.3 Å². The lowest BCUT2D eigenvalue weighted by Crippen LogP contribution is -2.44. The van der Waals surface area contributed by atoms with Crippen molar-refractivity contribution in [3.8, 4) is 0 Å². The summed E-state index contributed by atoms with van der Waals surface area (Å²) in [5, 5.41) is 12.1. The molecule has 2 heterocycles. The molecule has 1 aromatic rings. The van der Waals surface area contributed by atoms with Gasteiger partial charge in [-0.05, 0) is 0 Å². The summed E-state index contributed by atoms with van der Waals surface area (Å²) >= 11 is 0. The van der Waals surface area contributed by atoms with E-state index in [0.717, 1.165) is 37.7 Å². The zero-order valence-corrected chi connectivity index (χ0v) is 7.98. The van der Waals surface area contributed by atoms with Gasteiger partial charge in [-0.3, -0.25) is 0 Å². The maximum absolute atomic E-state index is 8.84. The second-order valence-electron chi connectivity index (χ2n) is 3.29. The van der Waals surface area contributed by atoms with Crippen LogP contribution < -0.4 is 10.2 Å². The van der Waals surface area contributed by atoms with E-state index in [1.54, 1.807) is 12.4 Å². The molecule has 1 aliphatic heterocycles. The number of aliphatic hydroxyl groups excluding tert-OH is 1. The van der Waals surface area contributed by atoms with Gasteiger partial charge in [0.1, 0.15) is 0 Å². The lowest BCUT2D eigenvalue weighted by Gasteiger charge is -2.27. The van der Waals surface area contributed by atoms with Gasteiger partial charge in [-0.2, -0.15) is 0 Å². The lowest BCUT2D eigenvalue weighted by molar-refractivity contribution is 0.281. The molecule has 14 heavy (non-hydrogen) atoms. The van der Waals surface area contributed by atoms with E-state index in [-0.39, 0.29) is 6.61 Å². The summed E-state index contributed by atoms with van der Waals surface area (Å²) < 4.78 is 0. The van der Waals surface area contributed by atoms with Crippen LogP contribution in [-0.4, -0.2) is 41.3 Å². The van der Waals surface area contributed by atoms with Gasteiger partial charge in [-0.15, -0.1) is 0 Å². The van der Waals surface area contributed by atoms with Crippen molar-refractivity contribution in [1.82, 2.24) is 15.3 Å². The molecule has 1 aliphatic rings. The molecule has 0 spiro atoms. The van der Waals surface area contributed by atoms with Gasteiger partial charge in [-0.1, -0.05) is 0 Å². The van der Waals surface area contributed by atoms with E-state index in [0.29, 0.717) is 0 Å². The Kier molecular flexibility index (Phi) is 2.90. The first-order valence-electron chi connectivity index (χ1n) is 4.77. The number of nitrogens with one attached hydrogen (secondary N) is 1. The molecule has 0 aromatic carbocycles. The minimum atomic E-state index is 0.00182. The zero-order valence-electron chi connectivity index (χ0n) is 7.98. The number of aromatic nitrogens is 2. The van der Waals surface area contributed by atoms with Crippen molar-refractivity contribution in [3.63, 3.8) is 0 Å². The lowest BCUT2D eigenvalue weighted by atomic mass is 10.3. The van der Waals surface area contributed by atoms with Crippen molar-refractivity contribution in [2.24, 2.45) is 0 Å². The first kappa shape index (κ1) is 9.36. The predicted octanol–water partition coefficient (Wildman–Crippen LogP) is -0.621. The standard InChI is InChI=1S/C9H14N4O/c14-7-8-5-11-9(12-6-8)13-3-1-10-2-4-13/h5-6,10,14H,1-4,7H2. The van der Waals surface area contributed by atoms with Gasteiger partial charge >= 0.3 is 0 Å². The molecule has 0 atom stereocenters. The molecule has 1 aromatic heterocycles. The minimum absolute atomic E-state index is 0.00182. The summed E-state index contributed by atoms with van der Waals surface area (Å²) in [5.41, 5.74) is 0.754. The Labute approximate surface area is 82.8 Å². The number of nitrogens with zero attached hydrogens (tertiary/aromatic N) is 3. The molecule has 2 rings (SSSR count). The predicted molar refractivity (Wildman–Crippen MR) is 53.0 cm³/mol. The van der Waals surface area contributed by atoms with Crippen LogP contribution in [-0.2, 0) is 6.61 Å². The molecular weight excluding hydrogens is 180 g/mol. The molecule has 76 valence electrons. The molecule has 1 fully saturated rings. The zero-order chi connectivity index (χ0) is 9.80. The SMILES string of the molecule is OCc1cnc(N2CCNCC2)nc1. The van der Waals surface area contributed by atoms with E-state index >= 15 is 0 Å². The smallest absolute Gasteiger partial charge is 0.225 e. The number of anilines is 1. The summed E-state index contributed by atoms with van der Waals surface area (Å²) in [7, 11) is 0. The first-order chi connectivity index (χ1) is 6.90. The Morgan fingerprint density at radius 2 is 1.93 bits per heavy atom. The monoisotopic (exact) mass is 194 g/mol. The normalized spacial score (nSPS) is 17.1. The van der Waals surface area contributed by atoms with Gasteiger partial charge in [0.25, 0.3) is 0 Å². The fourth-order valence-corrected chi connectivity index (χ4v) is 1.46. The summed E-state index contributed by atoms with van der Waals surface area (Å²) in [6.45, 7) is 3.84. The third-order valence-corrected chi connectivity index (χ3v) is 2.27. The average molecular weight is 194 g/mol. The Balaban J connectivity index is 2.07. The molecular formula is C9H14N4O. The van der Waals surface area contributed by atoms with Crippen molar-refractivity contribution in [2.75, 3.05) is 31.1 Å². The minimum Gasteiger partial charge on any atom is -0.392 e. The van der Waals surface area contributed by atoms with Gasteiger partial charge in [0.15, 0.2) is 0 Å². The largest absolute Gasteiger partial charge is 0.392 e. The second-order valence-corrected chi connectivity index (χ2v) is 3.29. The summed E-state index contributed by atoms with van der Waals surface area (Å²) in [6, 6.07) is 0. The van der Waals surface area contributed by atoms with Crippen molar-refractivity contribution in [3.05, 3.63) is 18.0 Å².